The Kier molecular flexibility index (Phi) is 10.2. The van der Waals surface area contributed by atoms with Crippen LogP contribution in [0.2, 0.25) is 5.02 Å². The molecule has 0 aromatic heterocycles. The van der Waals surface area contributed by atoms with Gasteiger partial charge in [0.1, 0.15) is 12.6 Å². The minimum Gasteiger partial charge on any atom is -0.355 e. The molecule has 1 atom stereocenters. The number of halogens is 1. The second-order valence-corrected chi connectivity index (χ2v) is 11.8. The zero-order valence-electron chi connectivity index (χ0n) is 23.1. The van der Waals surface area contributed by atoms with Crippen molar-refractivity contribution in [2.24, 2.45) is 0 Å². The summed E-state index contributed by atoms with van der Waals surface area (Å²) in [6, 6.07) is 18.2. The Morgan fingerprint density at radius 2 is 1.59 bits per heavy atom. The van der Waals surface area contributed by atoms with Crippen LogP contribution in [0.15, 0.2) is 71.6 Å². The maximum Gasteiger partial charge on any atom is 0.264 e. The van der Waals surface area contributed by atoms with E-state index in [4.69, 9.17) is 11.6 Å². The molecule has 0 saturated heterocycles. The molecular weight excluding hydrogens is 534 g/mol. The van der Waals surface area contributed by atoms with Gasteiger partial charge in [0.15, 0.2) is 0 Å². The molecule has 2 amide bonds. The van der Waals surface area contributed by atoms with E-state index in [1.165, 1.54) is 17.0 Å². The quantitative estimate of drug-likeness (QED) is 0.335. The summed E-state index contributed by atoms with van der Waals surface area (Å²) in [6.45, 7) is 9.31. The van der Waals surface area contributed by atoms with Crippen molar-refractivity contribution < 1.29 is 18.0 Å². The molecule has 0 saturated carbocycles. The predicted molar refractivity (Wildman–Crippen MR) is 156 cm³/mol. The molecule has 0 bridgehead atoms. The summed E-state index contributed by atoms with van der Waals surface area (Å²) >= 11 is 6.17. The van der Waals surface area contributed by atoms with Crippen molar-refractivity contribution >= 4 is 39.1 Å². The smallest absolute Gasteiger partial charge is 0.264 e. The first-order valence-electron chi connectivity index (χ1n) is 13.0. The van der Waals surface area contributed by atoms with E-state index >= 15 is 0 Å². The summed E-state index contributed by atoms with van der Waals surface area (Å²) in [5.74, 6) is -0.765. The summed E-state index contributed by atoms with van der Waals surface area (Å²) in [5, 5.41) is 3.27. The molecule has 1 N–H and O–H groups in total. The van der Waals surface area contributed by atoms with E-state index in [1.54, 1.807) is 37.3 Å². The number of aryl methyl sites for hydroxylation is 3. The van der Waals surface area contributed by atoms with Crippen LogP contribution < -0.4 is 9.62 Å². The minimum atomic E-state index is -4.14. The SMILES string of the molecule is CCNC(=O)C(CC)N(Cc1ccccc1C)C(=O)CN(c1ccc(Cl)cc1C)S(=O)(=O)c1ccc(C)cc1. The lowest BCUT2D eigenvalue weighted by molar-refractivity contribution is -0.140. The Hall–Kier alpha value is -3.36. The lowest BCUT2D eigenvalue weighted by atomic mass is 10.1. The van der Waals surface area contributed by atoms with Gasteiger partial charge in [0.25, 0.3) is 10.0 Å². The van der Waals surface area contributed by atoms with Crippen molar-refractivity contribution in [3.05, 3.63) is 94.0 Å². The van der Waals surface area contributed by atoms with Crippen LogP contribution in [0.25, 0.3) is 0 Å². The van der Waals surface area contributed by atoms with Crippen molar-refractivity contribution in [3.8, 4) is 0 Å². The van der Waals surface area contributed by atoms with Crippen LogP contribution in [-0.2, 0) is 26.2 Å². The van der Waals surface area contributed by atoms with E-state index in [-0.39, 0.29) is 17.3 Å². The Balaban J connectivity index is 2.11. The predicted octanol–water partition coefficient (Wildman–Crippen LogP) is 5.40. The number of carbonyl (C=O) groups excluding carboxylic acids is 2. The molecule has 39 heavy (non-hydrogen) atoms. The lowest BCUT2D eigenvalue weighted by Crippen LogP contribution is -2.52. The van der Waals surface area contributed by atoms with E-state index in [9.17, 15) is 18.0 Å². The third-order valence-electron chi connectivity index (χ3n) is 6.65. The number of hydrogen-bond donors (Lipinski definition) is 1. The van der Waals surface area contributed by atoms with Gasteiger partial charge in [-0.15, -0.1) is 0 Å². The highest BCUT2D eigenvalue weighted by molar-refractivity contribution is 7.92. The summed E-state index contributed by atoms with van der Waals surface area (Å²) in [6.07, 6.45) is 0.369. The first kappa shape index (κ1) is 30.2. The minimum absolute atomic E-state index is 0.0662. The highest BCUT2D eigenvalue weighted by Gasteiger charge is 2.34. The Morgan fingerprint density at radius 1 is 0.923 bits per heavy atom. The van der Waals surface area contributed by atoms with Gasteiger partial charge >= 0.3 is 0 Å². The van der Waals surface area contributed by atoms with E-state index in [2.05, 4.69) is 5.32 Å². The van der Waals surface area contributed by atoms with Crippen molar-refractivity contribution in [2.45, 2.75) is 58.5 Å². The highest BCUT2D eigenvalue weighted by atomic mass is 35.5. The van der Waals surface area contributed by atoms with Gasteiger partial charge in [-0.2, -0.15) is 0 Å². The monoisotopic (exact) mass is 569 g/mol. The lowest BCUT2D eigenvalue weighted by Gasteiger charge is -2.33. The van der Waals surface area contributed by atoms with Gasteiger partial charge < -0.3 is 10.2 Å². The number of benzene rings is 3. The number of hydrogen-bond acceptors (Lipinski definition) is 4. The second kappa shape index (κ2) is 13.1. The second-order valence-electron chi connectivity index (χ2n) is 9.52. The third-order valence-corrected chi connectivity index (χ3v) is 8.66. The standard InChI is InChI=1S/C30H36ClN3O4S/c1-6-27(30(36)32-7-2)33(19-24-11-9-8-10-22(24)4)29(35)20-34(28-17-14-25(31)18-23(28)5)39(37,38)26-15-12-21(3)13-16-26/h8-18,27H,6-7,19-20H2,1-5H3,(H,32,36). The molecule has 3 rings (SSSR count). The number of carbonyl (C=O) groups is 2. The summed E-state index contributed by atoms with van der Waals surface area (Å²) in [7, 11) is -4.14. The van der Waals surface area contributed by atoms with Crippen LogP contribution in [0, 0.1) is 20.8 Å². The first-order valence-corrected chi connectivity index (χ1v) is 14.8. The average Bonchev–Trinajstić information content (AvgIpc) is 2.89. The van der Waals surface area contributed by atoms with Gasteiger partial charge in [0.05, 0.1) is 10.6 Å². The fourth-order valence-corrected chi connectivity index (χ4v) is 6.14. The molecule has 0 aliphatic heterocycles. The van der Waals surface area contributed by atoms with E-state index in [0.29, 0.717) is 29.2 Å². The van der Waals surface area contributed by atoms with E-state index in [1.807, 2.05) is 52.0 Å². The van der Waals surface area contributed by atoms with Crippen LogP contribution in [-0.4, -0.2) is 44.3 Å². The van der Waals surface area contributed by atoms with Gasteiger partial charge in [-0.3, -0.25) is 13.9 Å². The summed E-state index contributed by atoms with van der Waals surface area (Å²) in [4.78, 5) is 28.7. The molecule has 0 fully saturated rings. The zero-order valence-corrected chi connectivity index (χ0v) is 24.6. The van der Waals surface area contributed by atoms with Gasteiger partial charge in [0.2, 0.25) is 11.8 Å². The third kappa shape index (κ3) is 7.19. The molecule has 0 aliphatic rings. The fraction of sp³-hybridized carbons (Fsp3) is 0.333. The van der Waals surface area contributed by atoms with Crippen LogP contribution >= 0.6 is 11.6 Å². The molecular formula is C30H36ClN3O4S. The number of nitrogens with one attached hydrogen (secondary N) is 1. The zero-order chi connectivity index (χ0) is 28.7. The van der Waals surface area contributed by atoms with Crippen LogP contribution in [0.5, 0.6) is 0 Å². The molecule has 9 heteroatoms. The summed E-state index contributed by atoms with van der Waals surface area (Å²) < 4.78 is 29.1. The molecule has 0 aliphatic carbocycles. The van der Waals surface area contributed by atoms with Crippen LogP contribution in [0.3, 0.4) is 0 Å². The molecule has 3 aromatic carbocycles. The Labute approximate surface area is 236 Å². The van der Waals surface area contributed by atoms with Gasteiger partial charge in [-0.1, -0.05) is 60.5 Å². The molecule has 1 unspecified atom stereocenters. The normalized spacial score (nSPS) is 12.1. The maximum absolute atomic E-state index is 14.1. The molecule has 7 nitrogen and oxygen atoms in total. The molecule has 0 spiro atoms. The van der Waals surface area contributed by atoms with Crippen LogP contribution in [0.1, 0.15) is 42.5 Å². The molecule has 208 valence electrons. The van der Waals surface area contributed by atoms with Gasteiger partial charge in [-0.25, -0.2) is 8.42 Å². The van der Waals surface area contributed by atoms with Crippen LogP contribution in [0.4, 0.5) is 5.69 Å². The van der Waals surface area contributed by atoms with Crippen molar-refractivity contribution in [1.82, 2.24) is 10.2 Å². The van der Waals surface area contributed by atoms with E-state index < -0.39 is 28.5 Å². The number of anilines is 1. The van der Waals surface area contributed by atoms with Gasteiger partial charge in [-0.05, 0) is 81.1 Å². The first-order chi connectivity index (χ1) is 18.5. The van der Waals surface area contributed by atoms with Crippen molar-refractivity contribution in [1.29, 1.82) is 0 Å². The number of amides is 2. The molecule has 0 radical (unpaired) electrons. The number of rotatable bonds is 11. The highest BCUT2D eigenvalue weighted by Crippen LogP contribution is 2.30. The van der Waals surface area contributed by atoms with E-state index in [0.717, 1.165) is 21.0 Å². The Morgan fingerprint density at radius 3 is 2.18 bits per heavy atom. The molecule has 3 aromatic rings. The fourth-order valence-electron chi connectivity index (χ4n) is 4.43. The van der Waals surface area contributed by atoms with Gasteiger partial charge in [0, 0.05) is 18.1 Å². The maximum atomic E-state index is 14.1. The molecule has 0 heterocycles. The van der Waals surface area contributed by atoms with Crippen molar-refractivity contribution in [3.63, 3.8) is 0 Å². The number of nitrogens with zero attached hydrogens (tertiary/aromatic N) is 2. The summed E-state index contributed by atoms with van der Waals surface area (Å²) in [5.41, 5.74) is 3.71. The topological polar surface area (TPSA) is 86.8 Å². The largest absolute Gasteiger partial charge is 0.355 e. The number of sulfonamides is 1. The Bertz CT molecular complexity index is 1420. The van der Waals surface area contributed by atoms with Crippen molar-refractivity contribution in [2.75, 3.05) is 17.4 Å². The average molecular weight is 570 g/mol. The number of likely N-dealkylation sites (N-methyl/N-ethyl adjacent to an activating group) is 1.